The number of benzene rings is 2. The average molecular weight is 406 g/mol. The van der Waals surface area contributed by atoms with Crippen LogP contribution in [0.25, 0.3) is 5.69 Å². The van der Waals surface area contributed by atoms with Gasteiger partial charge < -0.3 is 9.64 Å². The number of carbonyl (C=O) groups is 1. The first-order chi connectivity index (χ1) is 14.6. The maximum atomic E-state index is 13.4. The minimum absolute atomic E-state index is 0.0280. The molecule has 1 aliphatic rings. The van der Waals surface area contributed by atoms with E-state index < -0.39 is 5.54 Å². The SMILES string of the molecule is COc1ccccc1-n1nnnc1C1(N(C)C(=O)c2ccccc2)CCC(C)CC1. The third kappa shape index (κ3) is 3.44. The van der Waals surface area contributed by atoms with Crippen molar-refractivity contribution in [2.24, 2.45) is 5.92 Å². The van der Waals surface area contributed by atoms with Gasteiger partial charge in [-0.3, -0.25) is 4.79 Å². The van der Waals surface area contributed by atoms with E-state index in [1.54, 1.807) is 11.8 Å². The lowest BCUT2D eigenvalue weighted by molar-refractivity contribution is 0.0327. The summed E-state index contributed by atoms with van der Waals surface area (Å²) in [4.78, 5) is 15.3. The van der Waals surface area contributed by atoms with Crippen LogP contribution in [0.1, 0.15) is 48.8 Å². The van der Waals surface area contributed by atoms with Crippen LogP contribution in [0, 0.1) is 5.92 Å². The van der Waals surface area contributed by atoms with Crippen LogP contribution in [-0.2, 0) is 5.54 Å². The van der Waals surface area contributed by atoms with Crippen LogP contribution in [0.3, 0.4) is 0 Å². The summed E-state index contributed by atoms with van der Waals surface area (Å²) in [5.41, 5.74) is 0.830. The molecular formula is C23H27N5O2. The number of para-hydroxylation sites is 2. The summed E-state index contributed by atoms with van der Waals surface area (Å²) >= 11 is 0. The minimum Gasteiger partial charge on any atom is -0.494 e. The number of nitrogens with zero attached hydrogens (tertiary/aromatic N) is 5. The predicted molar refractivity (Wildman–Crippen MR) is 114 cm³/mol. The van der Waals surface area contributed by atoms with Crippen molar-refractivity contribution >= 4 is 5.91 Å². The van der Waals surface area contributed by atoms with Crippen molar-refractivity contribution in [1.29, 1.82) is 0 Å². The normalized spacial score (nSPS) is 21.2. The number of methoxy groups -OCH3 is 1. The second kappa shape index (κ2) is 8.26. The summed E-state index contributed by atoms with van der Waals surface area (Å²) in [6.07, 6.45) is 3.62. The third-order valence-corrected chi connectivity index (χ3v) is 6.27. The van der Waals surface area contributed by atoms with Gasteiger partial charge in [0.15, 0.2) is 5.82 Å². The standard InChI is InChI=1S/C23H27N5O2/c1-17-13-15-23(16-14-17,27(2)21(29)18-9-5-4-6-10-18)22-24-25-26-28(22)19-11-7-8-12-20(19)30-3/h4-12,17H,13-16H2,1-3H3. The molecule has 30 heavy (non-hydrogen) atoms. The van der Waals surface area contributed by atoms with Gasteiger partial charge in [-0.1, -0.05) is 37.3 Å². The molecule has 1 amide bonds. The van der Waals surface area contributed by atoms with Crippen LogP contribution in [0.5, 0.6) is 5.75 Å². The number of carbonyl (C=O) groups excluding carboxylic acids is 1. The first-order valence-electron chi connectivity index (χ1n) is 10.3. The van der Waals surface area contributed by atoms with Gasteiger partial charge in [-0.2, -0.15) is 4.68 Å². The fraction of sp³-hybridized carbons (Fsp3) is 0.391. The summed E-state index contributed by atoms with van der Waals surface area (Å²) in [5.74, 6) is 1.93. The van der Waals surface area contributed by atoms with Gasteiger partial charge in [0.25, 0.3) is 5.91 Å². The van der Waals surface area contributed by atoms with Crippen LogP contribution in [-0.4, -0.2) is 45.2 Å². The van der Waals surface area contributed by atoms with Gasteiger partial charge >= 0.3 is 0 Å². The van der Waals surface area contributed by atoms with Crippen LogP contribution in [0.2, 0.25) is 0 Å². The third-order valence-electron chi connectivity index (χ3n) is 6.27. The Balaban J connectivity index is 1.82. The van der Waals surface area contributed by atoms with Gasteiger partial charge in [-0.15, -0.1) is 5.10 Å². The number of tetrazole rings is 1. The number of ether oxygens (including phenoxy) is 1. The summed E-state index contributed by atoms with van der Waals surface area (Å²) in [7, 11) is 3.50. The van der Waals surface area contributed by atoms with Gasteiger partial charge in [-0.05, 0) is 66.3 Å². The van der Waals surface area contributed by atoms with E-state index in [2.05, 4.69) is 22.4 Å². The Hall–Kier alpha value is -3.22. The largest absolute Gasteiger partial charge is 0.494 e. The molecule has 0 radical (unpaired) electrons. The minimum atomic E-state index is -0.593. The molecule has 3 aromatic rings. The summed E-state index contributed by atoms with van der Waals surface area (Å²) < 4.78 is 7.27. The van der Waals surface area contributed by atoms with Crippen molar-refractivity contribution in [1.82, 2.24) is 25.1 Å². The fourth-order valence-electron chi connectivity index (χ4n) is 4.36. The lowest BCUT2D eigenvalue weighted by Crippen LogP contribution is -2.50. The Morgan fingerprint density at radius 1 is 1.10 bits per heavy atom. The average Bonchev–Trinajstić information content (AvgIpc) is 3.29. The highest BCUT2D eigenvalue weighted by molar-refractivity contribution is 5.94. The Bertz CT molecular complexity index is 1010. The van der Waals surface area contributed by atoms with Gasteiger partial charge in [0.2, 0.25) is 0 Å². The smallest absolute Gasteiger partial charge is 0.254 e. The molecule has 156 valence electrons. The number of hydrogen-bond donors (Lipinski definition) is 0. The summed E-state index contributed by atoms with van der Waals surface area (Å²) in [6.45, 7) is 2.26. The van der Waals surface area contributed by atoms with E-state index in [0.717, 1.165) is 31.4 Å². The molecule has 4 rings (SSSR count). The molecule has 0 saturated heterocycles. The summed E-state index contributed by atoms with van der Waals surface area (Å²) in [6, 6.07) is 17.0. The van der Waals surface area contributed by atoms with E-state index in [4.69, 9.17) is 4.74 Å². The Morgan fingerprint density at radius 3 is 2.47 bits per heavy atom. The lowest BCUT2D eigenvalue weighted by Gasteiger charge is -2.44. The van der Waals surface area contributed by atoms with Crippen LogP contribution < -0.4 is 4.74 Å². The molecule has 0 bridgehead atoms. The number of hydrogen-bond acceptors (Lipinski definition) is 5. The van der Waals surface area contributed by atoms with Gasteiger partial charge in [0, 0.05) is 12.6 Å². The second-order valence-corrected chi connectivity index (χ2v) is 8.03. The molecule has 0 aliphatic heterocycles. The highest BCUT2D eigenvalue weighted by Gasteiger charge is 2.46. The molecule has 0 N–H and O–H groups in total. The van der Waals surface area contributed by atoms with Crippen LogP contribution in [0.15, 0.2) is 54.6 Å². The molecule has 1 aliphatic carbocycles. The molecule has 7 nitrogen and oxygen atoms in total. The Labute approximate surface area is 176 Å². The molecule has 1 fully saturated rings. The van der Waals surface area contributed by atoms with E-state index in [-0.39, 0.29) is 5.91 Å². The molecule has 2 aromatic carbocycles. The molecular weight excluding hydrogens is 378 g/mol. The zero-order valence-electron chi connectivity index (χ0n) is 17.7. The van der Waals surface area contributed by atoms with E-state index in [1.807, 2.05) is 66.5 Å². The number of rotatable bonds is 5. The van der Waals surface area contributed by atoms with Crippen molar-refractivity contribution in [3.63, 3.8) is 0 Å². The maximum Gasteiger partial charge on any atom is 0.254 e. The van der Waals surface area contributed by atoms with Crippen LogP contribution in [0.4, 0.5) is 0 Å². The van der Waals surface area contributed by atoms with Gasteiger partial charge in [-0.25, -0.2) is 0 Å². The molecule has 1 aromatic heterocycles. The van der Waals surface area contributed by atoms with Crippen molar-refractivity contribution in [2.45, 2.75) is 38.1 Å². The van der Waals surface area contributed by atoms with Crippen LogP contribution >= 0.6 is 0 Å². The Kier molecular flexibility index (Phi) is 5.53. The maximum absolute atomic E-state index is 13.4. The fourth-order valence-corrected chi connectivity index (χ4v) is 4.36. The number of amides is 1. The molecule has 0 unspecified atom stereocenters. The van der Waals surface area contributed by atoms with Gasteiger partial charge in [0.05, 0.1) is 7.11 Å². The highest BCUT2D eigenvalue weighted by Crippen LogP contribution is 2.44. The second-order valence-electron chi connectivity index (χ2n) is 8.03. The van der Waals surface area contributed by atoms with E-state index in [1.165, 1.54) is 0 Å². The monoisotopic (exact) mass is 405 g/mol. The molecule has 1 heterocycles. The van der Waals surface area contributed by atoms with Gasteiger partial charge in [0.1, 0.15) is 17.0 Å². The van der Waals surface area contributed by atoms with Crippen molar-refractivity contribution in [2.75, 3.05) is 14.2 Å². The van der Waals surface area contributed by atoms with E-state index in [9.17, 15) is 4.79 Å². The molecule has 0 atom stereocenters. The first kappa shape index (κ1) is 20.1. The topological polar surface area (TPSA) is 73.1 Å². The predicted octanol–water partition coefficient (Wildman–Crippen LogP) is 3.85. The summed E-state index contributed by atoms with van der Waals surface area (Å²) in [5, 5.41) is 12.7. The quantitative estimate of drug-likeness (QED) is 0.645. The first-order valence-corrected chi connectivity index (χ1v) is 10.3. The number of aromatic nitrogens is 4. The Morgan fingerprint density at radius 2 is 1.77 bits per heavy atom. The molecule has 7 heteroatoms. The van der Waals surface area contributed by atoms with Crippen molar-refractivity contribution in [3.8, 4) is 11.4 Å². The molecule has 0 spiro atoms. The van der Waals surface area contributed by atoms with Crippen molar-refractivity contribution < 1.29 is 9.53 Å². The van der Waals surface area contributed by atoms with E-state index >= 15 is 0 Å². The highest BCUT2D eigenvalue weighted by atomic mass is 16.5. The lowest BCUT2D eigenvalue weighted by atomic mass is 9.75. The molecule has 1 saturated carbocycles. The van der Waals surface area contributed by atoms with E-state index in [0.29, 0.717) is 23.1 Å². The van der Waals surface area contributed by atoms with Crippen molar-refractivity contribution in [3.05, 3.63) is 66.0 Å². The zero-order chi connectivity index (χ0) is 21.1. The zero-order valence-corrected chi connectivity index (χ0v) is 17.7.